The Labute approximate surface area is 96.1 Å². The molecule has 1 aromatic carbocycles. The van der Waals surface area contributed by atoms with Crippen LogP contribution in [0.25, 0.3) is 0 Å². The van der Waals surface area contributed by atoms with Gasteiger partial charge < -0.3 is 5.73 Å². The third kappa shape index (κ3) is 2.67. The van der Waals surface area contributed by atoms with Gasteiger partial charge in [0.25, 0.3) is 0 Å². The molecule has 2 rings (SSSR count). The minimum atomic E-state index is 0.358. The molecule has 0 aliphatic carbocycles. The molecule has 0 saturated heterocycles. The highest BCUT2D eigenvalue weighted by atomic mass is 14.7. The van der Waals surface area contributed by atoms with Gasteiger partial charge in [-0.2, -0.15) is 0 Å². The molecule has 1 heterocycles. The van der Waals surface area contributed by atoms with Crippen molar-refractivity contribution in [2.24, 2.45) is 5.73 Å². The largest absolute Gasteiger partial charge is 0.330 e. The number of benzene rings is 1. The van der Waals surface area contributed by atoms with Gasteiger partial charge in [0.05, 0.1) is 0 Å². The SMILES string of the molecule is NCC(Cc1ccccn1)c1ccccc1. The van der Waals surface area contributed by atoms with Crippen molar-refractivity contribution in [3.8, 4) is 0 Å². The van der Waals surface area contributed by atoms with Crippen LogP contribution in [0.4, 0.5) is 0 Å². The molecular weight excluding hydrogens is 196 g/mol. The first-order valence-electron chi connectivity index (χ1n) is 5.55. The van der Waals surface area contributed by atoms with Crippen LogP contribution >= 0.6 is 0 Å². The predicted molar refractivity (Wildman–Crippen MR) is 66.2 cm³/mol. The number of rotatable bonds is 4. The molecule has 0 spiro atoms. The van der Waals surface area contributed by atoms with Crippen molar-refractivity contribution in [2.75, 3.05) is 6.54 Å². The average molecular weight is 212 g/mol. The van der Waals surface area contributed by atoms with E-state index in [9.17, 15) is 0 Å². The van der Waals surface area contributed by atoms with Crippen molar-refractivity contribution in [3.63, 3.8) is 0 Å². The molecule has 1 aromatic heterocycles. The first-order valence-corrected chi connectivity index (χ1v) is 5.55. The predicted octanol–water partition coefficient (Wildman–Crippen LogP) is 2.37. The molecule has 2 aromatic rings. The summed E-state index contributed by atoms with van der Waals surface area (Å²) in [5.41, 5.74) is 8.21. The highest BCUT2D eigenvalue weighted by molar-refractivity contribution is 5.22. The van der Waals surface area contributed by atoms with Crippen LogP contribution < -0.4 is 5.73 Å². The molecule has 82 valence electrons. The van der Waals surface area contributed by atoms with E-state index in [1.165, 1.54) is 5.56 Å². The van der Waals surface area contributed by atoms with Gasteiger partial charge in [0.15, 0.2) is 0 Å². The zero-order valence-corrected chi connectivity index (χ0v) is 9.21. The van der Waals surface area contributed by atoms with Gasteiger partial charge in [0.1, 0.15) is 0 Å². The van der Waals surface area contributed by atoms with E-state index in [0.29, 0.717) is 12.5 Å². The Balaban J connectivity index is 2.13. The number of nitrogens with two attached hydrogens (primary N) is 1. The van der Waals surface area contributed by atoms with Crippen LogP contribution in [0.1, 0.15) is 17.2 Å². The summed E-state index contributed by atoms with van der Waals surface area (Å²) >= 11 is 0. The molecule has 16 heavy (non-hydrogen) atoms. The van der Waals surface area contributed by atoms with E-state index in [-0.39, 0.29) is 0 Å². The lowest BCUT2D eigenvalue weighted by Crippen LogP contribution is -2.15. The maximum atomic E-state index is 5.82. The van der Waals surface area contributed by atoms with Gasteiger partial charge in [0.2, 0.25) is 0 Å². The van der Waals surface area contributed by atoms with E-state index in [4.69, 9.17) is 5.73 Å². The lowest BCUT2D eigenvalue weighted by molar-refractivity contribution is 0.682. The van der Waals surface area contributed by atoms with Crippen molar-refractivity contribution in [2.45, 2.75) is 12.3 Å². The second-order valence-corrected chi connectivity index (χ2v) is 3.87. The van der Waals surface area contributed by atoms with E-state index >= 15 is 0 Å². The van der Waals surface area contributed by atoms with Crippen molar-refractivity contribution in [3.05, 3.63) is 66.0 Å². The Bertz CT molecular complexity index is 411. The van der Waals surface area contributed by atoms with Crippen LogP contribution in [-0.4, -0.2) is 11.5 Å². The topological polar surface area (TPSA) is 38.9 Å². The first kappa shape index (κ1) is 10.8. The monoisotopic (exact) mass is 212 g/mol. The number of hydrogen-bond acceptors (Lipinski definition) is 2. The number of aromatic nitrogens is 1. The normalized spacial score (nSPS) is 12.3. The Kier molecular flexibility index (Phi) is 3.67. The summed E-state index contributed by atoms with van der Waals surface area (Å²) in [4.78, 5) is 4.34. The van der Waals surface area contributed by atoms with E-state index in [0.717, 1.165) is 12.1 Å². The average Bonchev–Trinajstić information content (AvgIpc) is 2.38. The molecule has 2 N–H and O–H groups in total. The van der Waals surface area contributed by atoms with Crippen LogP contribution in [0.3, 0.4) is 0 Å². The molecule has 0 fully saturated rings. The van der Waals surface area contributed by atoms with Crippen LogP contribution in [0, 0.1) is 0 Å². The summed E-state index contributed by atoms with van der Waals surface area (Å²) in [6, 6.07) is 16.4. The molecule has 1 atom stereocenters. The molecule has 0 amide bonds. The Hall–Kier alpha value is -1.67. The van der Waals surface area contributed by atoms with Crippen LogP contribution in [0.2, 0.25) is 0 Å². The summed E-state index contributed by atoms with van der Waals surface area (Å²) < 4.78 is 0. The first-order chi connectivity index (χ1) is 7.90. The Morgan fingerprint density at radius 1 is 1.00 bits per heavy atom. The molecule has 2 heteroatoms. The summed E-state index contributed by atoms with van der Waals surface area (Å²) in [5, 5.41) is 0. The third-order valence-electron chi connectivity index (χ3n) is 2.74. The van der Waals surface area contributed by atoms with Gasteiger partial charge in [0, 0.05) is 17.8 Å². The van der Waals surface area contributed by atoms with Gasteiger partial charge in [-0.25, -0.2) is 0 Å². The fraction of sp³-hybridized carbons (Fsp3) is 0.214. The standard InChI is InChI=1S/C14H16N2/c15-11-13(12-6-2-1-3-7-12)10-14-8-4-5-9-16-14/h1-9,13H,10-11,15H2. The quantitative estimate of drug-likeness (QED) is 0.845. The maximum absolute atomic E-state index is 5.82. The molecule has 1 unspecified atom stereocenters. The van der Waals surface area contributed by atoms with Gasteiger partial charge in [-0.05, 0) is 30.7 Å². The van der Waals surface area contributed by atoms with E-state index < -0.39 is 0 Å². The van der Waals surface area contributed by atoms with Gasteiger partial charge >= 0.3 is 0 Å². The van der Waals surface area contributed by atoms with E-state index in [2.05, 4.69) is 29.2 Å². The van der Waals surface area contributed by atoms with Crippen molar-refractivity contribution in [1.29, 1.82) is 0 Å². The summed E-state index contributed by atoms with van der Waals surface area (Å²) in [6.45, 7) is 0.653. The van der Waals surface area contributed by atoms with E-state index in [1.54, 1.807) is 0 Å². The number of nitrogens with zero attached hydrogens (tertiary/aromatic N) is 1. The molecule has 0 aliphatic heterocycles. The Morgan fingerprint density at radius 2 is 1.75 bits per heavy atom. The van der Waals surface area contributed by atoms with E-state index in [1.807, 2.05) is 30.5 Å². The van der Waals surface area contributed by atoms with Gasteiger partial charge in [-0.3, -0.25) is 4.98 Å². The molecule has 2 nitrogen and oxygen atoms in total. The summed E-state index contributed by atoms with van der Waals surface area (Å²) in [6.07, 6.45) is 2.73. The van der Waals surface area contributed by atoms with Crippen molar-refractivity contribution in [1.82, 2.24) is 4.98 Å². The summed E-state index contributed by atoms with van der Waals surface area (Å²) in [7, 11) is 0. The fourth-order valence-corrected chi connectivity index (χ4v) is 1.83. The lowest BCUT2D eigenvalue weighted by atomic mass is 9.94. The molecule has 0 saturated carbocycles. The summed E-state index contributed by atoms with van der Waals surface area (Å²) in [5.74, 6) is 0.358. The van der Waals surface area contributed by atoms with Gasteiger partial charge in [-0.1, -0.05) is 36.4 Å². The second kappa shape index (κ2) is 5.42. The van der Waals surface area contributed by atoms with Gasteiger partial charge in [-0.15, -0.1) is 0 Å². The highest BCUT2D eigenvalue weighted by Gasteiger charge is 2.10. The zero-order chi connectivity index (χ0) is 11.2. The number of pyridine rings is 1. The van der Waals surface area contributed by atoms with Crippen LogP contribution in [0.5, 0.6) is 0 Å². The Morgan fingerprint density at radius 3 is 2.38 bits per heavy atom. The van der Waals surface area contributed by atoms with Crippen molar-refractivity contribution >= 4 is 0 Å². The molecule has 0 bridgehead atoms. The minimum Gasteiger partial charge on any atom is -0.330 e. The van der Waals surface area contributed by atoms with Crippen LogP contribution in [0.15, 0.2) is 54.7 Å². The maximum Gasteiger partial charge on any atom is 0.0410 e. The minimum absolute atomic E-state index is 0.358. The molecular formula is C14H16N2. The smallest absolute Gasteiger partial charge is 0.0410 e. The zero-order valence-electron chi connectivity index (χ0n) is 9.21. The molecule has 0 aliphatic rings. The fourth-order valence-electron chi connectivity index (χ4n) is 1.83. The van der Waals surface area contributed by atoms with Crippen LogP contribution in [-0.2, 0) is 6.42 Å². The number of hydrogen-bond donors (Lipinski definition) is 1. The highest BCUT2D eigenvalue weighted by Crippen LogP contribution is 2.18. The molecule has 0 radical (unpaired) electrons. The second-order valence-electron chi connectivity index (χ2n) is 3.87. The lowest BCUT2D eigenvalue weighted by Gasteiger charge is -2.14. The van der Waals surface area contributed by atoms with Crippen molar-refractivity contribution < 1.29 is 0 Å². The third-order valence-corrected chi connectivity index (χ3v) is 2.74.